The predicted octanol–water partition coefficient (Wildman–Crippen LogP) is 4.40. The lowest BCUT2D eigenvalue weighted by molar-refractivity contribution is 0.0987. The third-order valence-corrected chi connectivity index (χ3v) is 4.19. The molecule has 21 heavy (non-hydrogen) atoms. The van der Waals surface area contributed by atoms with Crippen molar-refractivity contribution in [3.63, 3.8) is 0 Å². The summed E-state index contributed by atoms with van der Waals surface area (Å²) >= 11 is 3.48. The molecule has 0 radical (unpaired) electrons. The maximum Gasteiger partial charge on any atom is 0.258 e. The molecule has 0 fully saturated rings. The first-order valence-electron chi connectivity index (χ1n) is 6.97. The van der Waals surface area contributed by atoms with Gasteiger partial charge in [0.1, 0.15) is 0 Å². The van der Waals surface area contributed by atoms with Crippen LogP contribution in [0.5, 0.6) is 0 Å². The number of carbonyl (C=O) groups excluding carboxylic acids is 1. The molecule has 0 atom stereocenters. The molecule has 0 spiro atoms. The van der Waals surface area contributed by atoms with Crippen molar-refractivity contribution in [2.45, 2.75) is 20.3 Å². The molecule has 0 bridgehead atoms. The van der Waals surface area contributed by atoms with Crippen LogP contribution in [0.25, 0.3) is 0 Å². The molecule has 110 valence electrons. The summed E-state index contributed by atoms with van der Waals surface area (Å²) in [4.78, 5) is 14.5. The van der Waals surface area contributed by atoms with Gasteiger partial charge in [0.2, 0.25) is 0 Å². The molecule has 0 aliphatic rings. The number of nitrogen functional groups attached to an aromatic ring is 1. The number of nitrogens with two attached hydrogens (primary N) is 1. The Morgan fingerprint density at radius 3 is 2.57 bits per heavy atom. The van der Waals surface area contributed by atoms with Gasteiger partial charge in [-0.2, -0.15) is 0 Å². The number of aryl methyl sites for hydroxylation is 1. The van der Waals surface area contributed by atoms with Gasteiger partial charge in [0.15, 0.2) is 0 Å². The average molecular weight is 347 g/mol. The minimum absolute atomic E-state index is 0.0320. The van der Waals surface area contributed by atoms with E-state index in [4.69, 9.17) is 5.73 Å². The molecule has 2 rings (SSSR count). The van der Waals surface area contributed by atoms with Crippen molar-refractivity contribution in [1.82, 2.24) is 0 Å². The molecular formula is C17H19BrN2O. The van der Waals surface area contributed by atoms with Crippen LogP contribution in [0.4, 0.5) is 11.4 Å². The highest BCUT2D eigenvalue weighted by Crippen LogP contribution is 2.26. The summed E-state index contributed by atoms with van der Waals surface area (Å²) in [6.07, 6.45) is 0.868. The van der Waals surface area contributed by atoms with E-state index in [-0.39, 0.29) is 5.91 Å². The van der Waals surface area contributed by atoms with Gasteiger partial charge in [-0.05, 0) is 43.2 Å². The normalized spacial score (nSPS) is 10.4. The Balaban J connectivity index is 2.40. The van der Waals surface area contributed by atoms with Gasteiger partial charge in [-0.3, -0.25) is 4.79 Å². The van der Waals surface area contributed by atoms with E-state index in [1.54, 1.807) is 4.90 Å². The molecule has 0 saturated heterocycles. The Bertz CT molecular complexity index is 655. The second-order valence-corrected chi connectivity index (χ2v) is 5.83. The lowest BCUT2D eigenvalue weighted by Gasteiger charge is -2.24. The van der Waals surface area contributed by atoms with Crippen molar-refractivity contribution in [1.29, 1.82) is 0 Å². The first-order valence-corrected chi connectivity index (χ1v) is 7.76. The van der Waals surface area contributed by atoms with E-state index in [1.165, 1.54) is 0 Å². The number of anilines is 2. The van der Waals surface area contributed by atoms with Crippen LogP contribution in [0.3, 0.4) is 0 Å². The number of hydrogen-bond acceptors (Lipinski definition) is 2. The topological polar surface area (TPSA) is 46.3 Å². The zero-order valence-corrected chi connectivity index (χ0v) is 13.9. The quantitative estimate of drug-likeness (QED) is 0.834. The number of para-hydroxylation sites is 2. The zero-order chi connectivity index (χ0) is 15.4. The number of rotatable bonds is 4. The van der Waals surface area contributed by atoms with Crippen molar-refractivity contribution in [3.8, 4) is 0 Å². The largest absolute Gasteiger partial charge is 0.397 e. The molecule has 1 amide bonds. The molecule has 0 saturated carbocycles. The fraction of sp³-hybridized carbons (Fsp3) is 0.235. The van der Waals surface area contributed by atoms with E-state index in [0.29, 0.717) is 17.8 Å². The van der Waals surface area contributed by atoms with Gasteiger partial charge in [0.05, 0.1) is 11.4 Å². The fourth-order valence-corrected chi connectivity index (χ4v) is 2.55. The van der Waals surface area contributed by atoms with E-state index in [2.05, 4.69) is 15.9 Å². The van der Waals surface area contributed by atoms with E-state index >= 15 is 0 Å². The van der Waals surface area contributed by atoms with E-state index < -0.39 is 0 Å². The summed E-state index contributed by atoms with van der Waals surface area (Å²) in [5.74, 6) is -0.0320. The van der Waals surface area contributed by atoms with Crippen molar-refractivity contribution < 1.29 is 4.79 Å². The van der Waals surface area contributed by atoms with Crippen molar-refractivity contribution in [2.24, 2.45) is 0 Å². The molecule has 3 nitrogen and oxygen atoms in total. The summed E-state index contributed by atoms with van der Waals surface area (Å²) in [5, 5.41) is 0. The third kappa shape index (κ3) is 3.45. The maximum atomic E-state index is 12.8. The summed E-state index contributed by atoms with van der Waals surface area (Å²) in [6.45, 7) is 4.68. The Hall–Kier alpha value is -1.81. The van der Waals surface area contributed by atoms with E-state index in [9.17, 15) is 4.79 Å². The number of carbonyl (C=O) groups is 1. The Morgan fingerprint density at radius 2 is 1.95 bits per heavy atom. The van der Waals surface area contributed by atoms with Gasteiger partial charge >= 0.3 is 0 Å². The SMILES string of the molecule is CCCN(C(=O)c1ccc(C)c(Br)c1)c1ccccc1N. The van der Waals surface area contributed by atoms with Gasteiger partial charge in [-0.15, -0.1) is 0 Å². The number of hydrogen-bond donors (Lipinski definition) is 1. The number of benzene rings is 2. The van der Waals surface area contributed by atoms with Crippen LogP contribution in [-0.2, 0) is 0 Å². The molecule has 0 aliphatic heterocycles. The summed E-state index contributed by atoms with van der Waals surface area (Å²) in [7, 11) is 0. The molecule has 0 heterocycles. The van der Waals surface area contributed by atoms with E-state index in [1.807, 2.05) is 56.3 Å². The Morgan fingerprint density at radius 1 is 1.24 bits per heavy atom. The van der Waals surface area contributed by atoms with Crippen molar-refractivity contribution in [3.05, 3.63) is 58.1 Å². The Labute approximate surface area is 133 Å². The fourth-order valence-electron chi connectivity index (χ4n) is 2.17. The summed E-state index contributed by atoms with van der Waals surface area (Å²) in [6, 6.07) is 13.1. The van der Waals surface area contributed by atoms with Crippen LogP contribution in [0.2, 0.25) is 0 Å². The molecule has 2 N–H and O–H groups in total. The van der Waals surface area contributed by atoms with Crippen molar-refractivity contribution in [2.75, 3.05) is 17.2 Å². The first kappa shape index (κ1) is 15.6. The van der Waals surface area contributed by atoms with Gasteiger partial charge in [-0.25, -0.2) is 0 Å². The van der Waals surface area contributed by atoms with Gasteiger partial charge in [0.25, 0.3) is 5.91 Å². The van der Waals surface area contributed by atoms with Crippen molar-refractivity contribution >= 4 is 33.2 Å². The van der Waals surface area contributed by atoms with Crippen LogP contribution in [-0.4, -0.2) is 12.5 Å². The lowest BCUT2D eigenvalue weighted by Crippen LogP contribution is -2.32. The molecule has 2 aromatic carbocycles. The van der Waals surface area contributed by atoms with Crippen LogP contribution < -0.4 is 10.6 Å². The summed E-state index contributed by atoms with van der Waals surface area (Å²) in [5.41, 5.74) is 9.16. The predicted molar refractivity (Wildman–Crippen MR) is 91.7 cm³/mol. The molecular weight excluding hydrogens is 328 g/mol. The molecule has 0 unspecified atom stereocenters. The number of halogens is 1. The zero-order valence-electron chi connectivity index (χ0n) is 12.3. The lowest BCUT2D eigenvalue weighted by atomic mass is 10.1. The van der Waals surface area contributed by atoms with Crippen LogP contribution in [0, 0.1) is 6.92 Å². The van der Waals surface area contributed by atoms with E-state index in [0.717, 1.165) is 22.1 Å². The maximum absolute atomic E-state index is 12.8. The van der Waals surface area contributed by atoms with Gasteiger partial charge in [0, 0.05) is 16.6 Å². The van der Waals surface area contributed by atoms with Gasteiger partial charge < -0.3 is 10.6 Å². The standard InChI is InChI=1S/C17H19BrN2O/c1-3-10-20(16-7-5-4-6-15(16)19)17(21)13-9-8-12(2)14(18)11-13/h4-9,11H,3,10,19H2,1-2H3. The molecule has 2 aromatic rings. The molecule has 0 aromatic heterocycles. The minimum atomic E-state index is -0.0320. The van der Waals surface area contributed by atoms with Crippen LogP contribution in [0.1, 0.15) is 29.3 Å². The highest BCUT2D eigenvalue weighted by molar-refractivity contribution is 9.10. The second kappa shape index (κ2) is 6.76. The number of amides is 1. The number of nitrogens with zero attached hydrogens (tertiary/aromatic N) is 1. The summed E-state index contributed by atoms with van der Waals surface area (Å²) < 4.78 is 0.936. The third-order valence-electron chi connectivity index (χ3n) is 3.34. The van der Waals surface area contributed by atoms with Gasteiger partial charge in [-0.1, -0.05) is 41.1 Å². The minimum Gasteiger partial charge on any atom is -0.397 e. The van der Waals surface area contributed by atoms with Crippen LogP contribution >= 0.6 is 15.9 Å². The monoisotopic (exact) mass is 346 g/mol. The molecule has 0 aliphatic carbocycles. The molecule has 4 heteroatoms. The highest BCUT2D eigenvalue weighted by Gasteiger charge is 2.19. The first-order chi connectivity index (χ1) is 10.0. The van der Waals surface area contributed by atoms with Crippen LogP contribution in [0.15, 0.2) is 46.9 Å². The second-order valence-electron chi connectivity index (χ2n) is 4.98. The smallest absolute Gasteiger partial charge is 0.258 e. The Kier molecular flexibility index (Phi) is 5.02. The average Bonchev–Trinajstić information content (AvgIpc) is 2.48. The highest BCUT2D eigenvalue weighted by atomic mass is 79.9.